The van der Waals surface area contributed by atoms with E-state index in [1.807, 2.05) is 0 Å². The number of hydrogen-bond acceptors (Lipinski definition) is 2. The number of amides is 1. The van der Waals surface area contributed by atoms with E-state index in [1.54, 1.807) is 0 Å². The van der Waals surface area contributed by atoms with E-state index >= 15 is 0 Å². The Kier molecular flexibility index (Phi) is 3.01. The molecule has 1 aliphatic heterocycles. The van der Waals surface area contributed by atoms with Crippen molar-refractivity contribution in [1.29, 1.82) is 0 Å². The predicted octanol–water partition coefficient (Wildman–Crippen LogP) is 1.59. The van der Waals surface area contributed by atoms with Crippen LogP contribution >= 0.6 is 0 Å². The summed E-state index contributed by atoms with van der Waals surface area (Å²) in [5, 5.41) is 3.29. The van der Waals surface area contributed by atoms with Gasteiger partial charge in [-0.2, -0.15) is 0 Å². The van der Waals surface area contributed by atoms with Gasteiger partial charge in [0.25, 0.3) is 0 Å². The SMILES string of the molecule is CCC1NCN(C2CCC(C)C2C)C1=O. The Labute approximate surface area is 92.2 Å². The van der Waals surface area contributed by atoms with E-state index in [0.29, 0.717) is 17.9 Å². The second-order valence-corrected chi connectivity index (χ2v) is 5.11. The zero-order valence-corrected chi connectivity index (χ0v) is 9.99. The molecule has 2 rings (SSSR count). The average Bonchev–Trinajstić information content (AvgIpc) is 2.73. The normalized spacial score (nSPS) is 41.5. The van der Waals surface area contributed by atoms with Crippen molar-refractivity contribution in [3.63, 3.8) is 0 Å². The van der Waals surface area contributed by atoms with E-state index in [-0.39, 0.29) is 6.04 Å². The van der Waals surface area contributed by atoms with Crippen molar-refractivity contribution in [3.8, 4) is 0 Å². The third kappa shape index (κ3) is 1.78. The third-order valence-electron chi connectivity index (χ3n) is 4.32. The largest absolute Gasteiger partial charge is 0.325 e. The number of nitrogens with zero attached hydrogens (tertiary/aromatic N) is 1. The van der Waals surface area contributed by atoms with Crippen LogP contribution in [0.25, 0.3) is 0 Å². The number of nitrogens with one attached hydrogen (secondary N) is 1. The van der Waals surface area contributed by atoms with Gasteiger partial charge in [0.2, 0.25) is 5.91 Å². The Morgan fingerprint density at radius 2 is 2.13 bits per heavy atom. The summed E-state index contributed by atoms with van der Waals surface area (Å²) in [5.41, 5.74) is 0. The minimum atomic E-state index is 0.0770. The lowest BCUT2D eigenvalue weighted by Gasteiger charge is -2.28. The van der Waals surface area contributed by atoms with Crippen molar-refractivity contribution in [2.24, 2.45) is 11.8 Å². The molecular weight excluding hydrogens is 188 g/mol. The molecule has 0 spiro atoms. The van der Waals surface area contributed by atoms with Gasteiger partial charge in [-0.3, -0.25) is 10.1 Å². The molecular formula is C12H22N2O. The summed E-state index contributed by atoms with van der Waals surface area (Å²) in [5.74, 6) is 1.75. The molecule has 4 atom stereocenters. The molecule has 0 bridgehead atoms. The van der Waals surface area contributed by atoms with Crippen LogP contribution in [-0.2, 0) is 4.79 Å². The first-order valence-electron chi connectivity index (χ1n) is 6.19. The number of hydrogen-bond donors (Lipinski definition) is 1. The molecule has 2 aliphatic rings. The quantitative estimate of drug-likeness (QED) is 0.750. The van der Waals surface area contributed by atoms with Gasteiger partial charge in [-0.15, -0.1) is 0 Å². The van der Waals surface area contributed by atoms with Crippen molar-refractivity contribution in [2.45, 2.75) is 52.1 Å². The Morgan fingerprint density at radius 3 is 2.60 bits per heavy atom. The van der Waals surface area contributed by atoms with Gasteiger partial charge < -0.3 is 4.90 Å². The Bertz CT molecular complexity index is 254. The van der Waals surface area contributed by atoms with Crippen LogP contribution < -0.4 is 5.32 Å². The van der Waals surface area contributed by atoms with Crippen LogP contribution in [0.4, 0.5) is 0 Å². The van der Waals surface area contributed by atoms with Crippen molar-refractivity contribution in [1.82, 2.24) is 10.2 Å². The monoisotopic (exact) mass is 210 g/mol. The third-order valence-corrected chi connectivity index (χ3v) is 4.32. The highest BCUT2D eigenvalue weighted by Crippen LogP contribution is 2.35. The Hall–Kier alpha value is -0.570. The van der Waals surface area contributed by atoms with Crippen LogP contribution in [0.2, 0.25) is 0 Å². The Morgan fingerprint density at radius 1 is 1.40 bits per heavy atom. The fraction of sp³-hybridized carbons (Fsp3) is 0.917. The van der Waals surface area contributed by atoms with E-state index in [9.17, 15) is 4.79 Å². The van der Waals surface area contributed by atoms with Crippen molar-refractivity contribution < 1.29 is 4.79 Å². The summed E-state index contributed by atoms with van der Waals surface area (Å²) in [6, 6.07) is 0.560. The number of carbonyl (C=O) groups is 1. The molecule has 1 aliphatic carbocycles. The molecule has 86 valence electrons. The molecule has 1 saturated carbocycles. The van der Waals surface area contributed by atoms with Gasteiger partial charge in [0.15, 0.2) is 0 Å². The lowest BCUT2D eigenvalue weighted by molar-refractivity contribution is -0.131. The van der Waals surface area contributed by atoms with Crippen molar-refractivity contribution in [3.05, 3.63) is 0 Å². The number of rotatable bonds is 2. The van der Waals surface area contributed by atoms with Gasteiger partial charge in [0, 0.05) is 6.04 Å². The molecule has 0 aromatic heterocycles. The summed E-state index contributed by atoms with van der Waals surface area (Å²) in [6.45, 7) is 7.42. The summed E-state index contributed by atoms with van der Waals surface area (Å²) in [7, 11) is 0. The lowest BCUT2D eigenvalue weighted by atomic mass is 9.97. The fourth-order valence-electron chi connectivity index (χ4n) is 2.95. The molecule has 1 N–H and O–H groups in total. The van der Waals surface area contributed by atoms with Crippen LogP contribution in [0, 0.1) is 11.8 Å². The summed E-state index contributed by atoms with van der Waals surface area (Å²) >= 11 is 0. The first-order chi connectivity index (χ1) is 7.15. The maximum Gasteiger partial charge on any atom is 0.241 e. The highest BCUT2D eigenvalue weighted by molar-refractivity contribution is 5.84. The molecule has 1 amide bonds. The van der Waals surface area contributed by atoms with E-state index < -0.39 is 0 Å². The molecule has 1 heterocycles. The van der Waals surface area contributed by atoms with Crippen LogP contribution in [0.1, 0.15) is 40.0 Å². The molecule has 15 heavy (non-hydrogen) atoms. The maximum atomic E-state index is 12.0. The minimum absolute atomic E-state index is 0.0770. The zero-order valence-electron chi connectivity index (χ0n) is 9.99. The molecule has 1 saturated heterocycles. The number of carbonyl (C=O) groups excluding carboxylic acids is 1. The first kappa shape index (κ1) is 10.9. The standard InChI is InChI=1S/C12H22N2O/c1-4-10-12(15)14(7-13-10)11-6-5-8(2)9(11)3/h8-11,13H,4-7H2,1-3H3. The van der Waals surface area contributed by atoms with Gasteiger partial charge in [-0.25, -0.2) is 0 Å². The summed E-state index contributed by atoms with van der Waals surface area (Å²) in [6.07, 6.45) is 3.37. The Balaban J connectivity index is 2.03. The van der Waals surface area contributed by atoms with Gasteiger partial charge in [-0.05, 0) is 31.1 Å². The molecule has 0 aromatic rings. The van der Waals surface area contributed by atoms with Crippen LogP contribution in [-0.4, -0.2) is 29.6 Å². The molecule has 0 radical (unpaired) electrons. The second-order valence-electron chi connectivity index (χ2n) is 5.11. The average molecular weight is 210 g/mol. The molecule has 0 aromatic carbocycles. The molecule has 3 heteroatoms. The zero-order chi connectivity index (χ0) is 11.0. The van der Waals surface area contributed by atoms with Crippen LogP contribution in [0.15, 0.2) is 0 Å². The molecule has 2 fully saturated rings. The van der Waals surface area contributed by atoms with Crippen LogP contribution in [0.3, 0.4) is 0 Å². The van der Waals surface area contributed by atoms with E-state index in [0.717, 1.165) is 19.0 Å². The first-order valence-corrected chi connectivity index (χ1v) is 6.19. The predicted molar refractivity (Wildman–Crippen MR) is 60.3 cm³/mol. The molecule has 3 nitrogen and oxygen atoms in total. The maximum absolute atomic E-state index is 12.0. The summed E-state index contributed by atoms with van der Waals surface area (Å²) < 4.78 is 0. The van der Waals surface area contributed by atoms with E-state index in [2.05, 4.69) is 31.0 Å². The second kappa shape index (κ2) is 4.12. The fourth-order valence-corrected chi connectivity index (χ4v) is 2.95. The van der Waals surface area contributed by atoms with Gasteiger partial charge in [0.1, 0.15) is 0 Å². The summed E-state index contributed by atoms with van der Waals surface area (Å²) in [4.78, 5) is 14.1. The van der Waals surface area contributed by atoms with Crippen molar-refractivity contribution in [2.75, 3.05) is 6.67 Å². The molecule has 4 unspecified atom stereocenters. The minimum Gasteiger partial charge on any atom is -0.325 e. The smallest absolute Gasteiger partial charge is 0.241 e. The van der Waals surface area contributed by atoms with Gasteiger partial charge in [-0.1, -0.05) is 20.8 Å². The van der Waals surface area contributed by atoms with Gasteiger partial charge in [0.05, 0.1) is 12.7 Å². The van der Waals surface area contributed by atoms with Crippen LogP contribution in [0.5, 0.6) is 0 Å². The lowest BCUT2D eigenvalue weighted by Crippen LogP contribution is -2.40. The highest BCUT2D eigenvalue weighted by atomic mass is 16.2. The topological polar surface area (TPSA) is 32.3 Å². The van der Waals surface area contributed by atoms with E-state index in [4.69, 9.17) is 0 Å². The van der Waals surface area contributed by atoms with Crippen molar-refractivity contribution >= 4 is 5.91 Å². The highest BCUT2D eigenvalue weighted by Gasteiger charge is 2.40. The van der Waals surface area contributed by atoms with Gasteiger partial charge >= 0.3 is 0 Å². The van der Waals surface area contributed by atoms with E-state index in [1.165, 1.54) is 12.8 Å².